The van der Waals surface area contributed by atoms with Gasteiger partial charge in [0.1, 0.15) is 0 Å². The maximum Gasteiger partial charge on any atom is 0.312 e. The molecule has 0 aromatic carbocycles. The SMILES string of the molecule is C=C1C2CCC3(C4CC5C6(C)CCC(O4)C5(COC6=O)C3C2)C1O. The molecule has 3 heterocycles. The highest BCUT2D eigenvalue weighted by Gasteiger charge is 2.79. The van der Waals surface area contributed by atoms with Crippen molar-refractivity contribution in [2.75, 3.05) is 6.61 Å². The number of aliphatic hydroxyl groups is 1. The van der Waals surface area contributed by atoms with Crippen molar-refractivity contribution in [1.29, 1.82) is 0 Å². The lowest BCUT2D eigenvalue weighted by Crippen LogP contribution is -2.80. The van der Waals surface area contributed by atoms with Crippen LogP contribution in [-0.2, 0) is 14.3 Å². The fourth-order valence-corrected chi connectivity index (χ4v) is 8.27. The molecule has 0 aromatic rings. The molecule has 1 N–H and O–H groups in total. The molecule has 3 aliphatic heterocycles. The molecule has 5 aliphatic carbocycles. The van der Waals surface area contributed by atoms with Crippen LogP contribution in [0.4, 0.5) is 0 Å². The molecule has 9 unspecified atom stereocenters. The summed E-state index contributed by atoms with van der Waals surface area (Å²) < 4.78 is 12.4. The fourth-order valence-electron chi connectivity index (χ4n) is 8.27. The van der Waals surface area contributed by atoms with Crippen molar-refractivity contribution < 1.29 is 19.4 Å². The Hall–Kier alpha value is -0.870. The molecule has 9 atom stereocenters. The van der Waals surface area contributed by atoms with E-state index >= 15 is 0 Å². The lowest BCUT2D eigenvalue weighted by Gasteiger charge is -2.77. The number of hydrogen-bond donors (Lipinski definition) is 1. The standard InChI is InChI=1S/C20H26O4/c1-10-11-3-6-19(16(10)21)13(7-11)20-9-23-17(22)18(2)5-4-14(20)24-15(19)8-12(18)20/h11-16,21H,1,3-9H2,2H3. The van der Waals surface area contributed by atoms with Crippen molar-refractivity contribution in [3.8, 4) is 0 Å². The number of aliphatic hydroxyl groups excluding tert-OH is 1. The third-order valence-corrected chi connectivity index (χ3v) is 9.37. The molecule has 24 heavy (non-hydrogen) atoms. The van der Waals surface area contributed by atoms with Crippen molar-refractivity contribution in [3.05, 3.63) is 12.2 Å². The summed E-state index contributed by atoms with van der Waals surface area (Å²) in [4.78, 5) is 12.6. The number of carbonyl (C=O) groups is 1. The zero-order chi connectivity index (χ0) is 16.5. The van der Waals surface area contributed by atoms with Gasteiger partial charge in [-0.15, -0.1) is 0 Å². The molecule has 130 valence electrons. The number of rotatable bonds is 0. The topological polar surface area (TPSA) is 55.8 Å². The van der Waals surface area contributed by atoms with Gasteiger partial charge in [0.25, 0.3) is 0 Å². The highest BCUT2D eigenvalue weighted by Crippen LogP contribution is 2.77. The summed E-state index contributed by atoms with van der Waals surface area (Å²) in [5, 5.41) is 11.2. The third kappa shape index (κ3) is 1.18. The lowest BCUT2D eigenvalue weighted by atomic mass is 9.32. The number of ether oxygens (including phenoxy) is 2. The van der Waals surface area contributed by atoms with Crippen LogP contribution in [0.15, 0.2) is 12.2 Å². The number of fused-ring (bicyclic) bond motifs is 2. The van der Waals surface area contributed by atoms with Gasteiger partial charge < -0.3 is 14.6 Å². The van der Waals surface area contributed by atoms with Crippen LogP contribution in [0.2, 0.25) is 0 Å². The van der Waals surface area contributed by atoms with Gasteiger partial charge in [-0.1, -0.05) is 6.58 Å². The minimum Gasteiger partial charge on any atom is -0.465 e. The van der Waals surface area contributed by atoms with Crippen molar-refractivity contribution in [2.45, 2.75) is 63.8 Å². The fraction of sp³-hybridized carbons (Fsp3) is 0.850. The molecule has 2 spiro atoms. The molecule has 8 aliphatic rings. The summed E-state index contributed by atoms with van der Waals surface area (Å²) in [5.74, 6) is 1.22. The first-order valence-corrected chi connectivity index (χ1v) is 9.64. The Labute approximate surface area is 142 Å². The zero-order valence-corrected chi connectivity index (χ0v) is 14.3. The molecule has 0 aromatic heterocycles. The van der Waals surface area contributed by atoms with Gasteiger partial charge in [-0.2, -0.15) is 0 Å². The zero-order valence-electron chi connectivity index (χ0n) is 14.3. The third-order valence-electron chi connectivity index (χ3n) is 9.37. The first-order chi connectivity index (χ1) is 11.4. The average molecular weight is 330 g/mol. The second-order valence-electron chi connectivity index (χ2n) is 9.66. The number of hydrogen-bond acceptors (Lipinski definition) is 4. The first kappa shape index (κ1) is 14.3. The first-order valence-electron chi connectivity index (χ1n) is 9.64. The molecule has 8 fully saturated rings. The quantitative estimate of drug-likeness (QED) is 0.547. The summed E-state index contributed by atoms with van der Waals surface area (Å²) in [7, 11) is 0. The number of esters is 1. The smallest absolute Gasteiger partial charge is 0.312 e. The Bertz CT molecular complexity index is 671. The van der Waals surface area contributed by atoms with Gasteiger partial charge >= 0.3 is 5.97 Å². The highest BCUT2D eigenvalue weighted by atomic mass is 16.5. The molecular weight excluding hydrogens is 304 g/mol. The Morgan fingerprint density at radius 1 is 1.12 bits per heavy atom. The van der Waals surface area contributed by atoms with Crippen LogP contribution in [0.1, 0.15) is 45.4 Å². The molecule has 3 saturated heterocycles. The van der Waals surface area contributed by atoms with E-state index in [1.807, 2.05) is 0 Å². The Balaban J connectivity index is 1.57. The van der Waals surface area contributed by atoms with E-state index in [0.717, 1.165) is 44.1 Å². The molecule has 5 saturated carbocycles. The summed E-state index contributed by atoms with van der Waals surface area (Å²) in [6.07, 6.45) is 5.89. The van der Waals surface area contributed by atoms with Gasteiger partial charge in [0.15, 0.2) is 0 Å². The molecular formula is C20H26O4. The van der Waals surface area contributed by atoms with Crippen molar-refractivity contribution in [1.82, 2.24) is 0 Å². The largest absolute Gasteiger partial charge is 0.465 e. The minimum atomic E-state index is -0.443. The molecule has 8 rings (SSSR count). The van der Waals surface area contributed by atoms with Crippen LogP contribution >= 0.6 is 0 Å². The van der Waals surface area contributed by atoms with Crippen LogP contribution in [0.3, 0.4) is 0 Å². The molecule has 0 amide bonds. The van der Waals surface area contributed by atoms with E-state index in [1.165, 1.54) is 0 Å². The second-order valence-corrected chi connectivity index (χ2v) is 9.66. The van der Waals surface area contributed by atoms with Gasteiger partial charge in [-0.3, -0.25) is 4.79 Å². The molecule has 4 nitrogen and oxygen atoms in total. The van der Waals surface area contributed by atoms with Gasteiger partial charge in [-0.05, 0) is 68.8 Å². The summed E-state index contributed by atoms with van der Waals surface area (Å²) in [5.41, 5.74) is 0.430. The van der Waals surface area contributed by atoms with E-state index in [2.05, 4.69) is 13.5 Å². The predicted octanol–water partition coefficient (Wildman–Crippen LogP) is 2.45. The average Bonchev–Trinajstić information content (AvgIpc) is 2.59. The lowest BCUT2D eigenvalue weighted by molar-refractivity contribution is -0.378. The Morgan fingerprint density at radius 2 is 1.96 bits per heavy atom. The molecule has 7 bridgehead atoms. The molecule has 4 heteroatoms. The van der Waals surface area contributed by atoms with Gasteiger partial charge in [0, 0.05) is 10.8 Å². The maximum absolute atomic E-state index is 12.6. The normalized spacial score (nSPS) is 63.1. The Kier molecular flexibility index (Phi) is 2.35. The van der Waals surface area contributed by atoms with Crippen molar-refractivity contribution in [2.24, 2.45) is 34.0 Å². The van der Waals surface area contributed by atoms with E-state index in [9.17, 15) is 9.90 Å². The second kappa shape index (κ2) is 3.93. The Morgan fingerprint density at radius 3 is 2.79 bits per heavy atom. The highest BCUT2D eigenvalue weighted by molar-refractivity contribution is 5.78. The van der Waals surface area contributed by atoms with Gasteiger partial charge in [0.2, 0.25) is 0 Å². The predicted molar refractivity (Wildman–Crippen MR) is 85.9 cm³/mol. The van der Waals surface area contributed by atoms with Gasteiger partial charge in [0.05, 0.1) is 30.3 Å². The van der Waals surface area contributed by atoms with E-state index in [1.54, 1.807) is 0 Å². The van der Waals surface area contributed by atoms with E-state index in [4.69, 9.17) is 9.47 Å². The molecule has 0 radical (unpaired) electrons. The van der Waals surface area contributed by atoms with Crippen LogP contribution in [0.5, 0.6) is 0 Å². The van der Waals surface area contributed by atoms with Crippen molar-refractivity contribution >= 4 is 5.97 Å². The van der Waals surface area contributed by atoms with Crippen LogP contribution in [0.25, 0.3) is 0 Å². The number of cyclic esters (lactones) is 1. The summed E-state index contributed by atoms with van der Waals surface area (Å²) in [6, 6.07) is 0. The van der Waals surface area contributed by atoms with Crippen LogP contribution in [0, 0.1) is 34.0 Å². The van der Waals surface area contributed by atoms with Crippen LogP contribution < -0.4 is 0 Å². The maximum atomic E-state index is 12.6. The van der Waals surface area contributed by atoms with Crippen molar-refractivity contribution in [3.63, 3.8) is 0 Å². The van der Waals surface area contributed by atoms with E-state index < -0.39 is 6.10 Å². The van der Waals surface area contributed by atoms with E-state index in [0.29, 0.717) is 24.4 Å². The monoisotopic (exact) mass is 330 g/mol. The van der Waals surface area contributed by atoms with Crippen LogP contribution in [-0.4, -0.2) is 36.0 Å². The van der Waals surface area contributed by atoms with Gasteiger partial charge in [-0.25, -0.2) is 0 Å². The summed E-state index contributed by atoms with van der Waals surface area (Å²) in [6.45, 7) is 6.86. The minimum absolute atomic E-state index is 0.00380. The number of carbonyl (C=O) groups excluding carboxylic acids is 1. The van der Waals surface area contributed by atoms with E-state index in [-0.39, 0.29) is 34.4 Å². The summed E-state index contributed by atoms with van der Waals surface area (Å²) >= 11 is 0.